The van der Waals surface area contributed by atoms with Crippen molar-refractivity contribution in [3.05, 3.63) is 29.5 Å². The Morgan fingerprint density at radius 2 is 2.27 bits per heavy atom. The van der Waals surface area contributed by atoms with Crippen LogP contribution in [0.15, 0.2) is 22.8 Å². The van der Waals surface area contributed by atoms with Crippen LogP contribution in [-0.2, 0) is 6.42 Å². The van der Waals surface area contributed by atoms with Crippen LogP contribution in [0.4, 0.5) is 0 Å². The molecule has 0 fully saturated rings. The maximum Gasteiger partial charge on any atom is 0.137 e. The number of benzene rings is 1. The lowest BCUT2D eigenvalue weighted by Crippen LogP contribution is -2.06. The fraction of sp³-hybridized carbons (Fsp3) is 0.333. The van der Waals surface area contributed by atoms with Gasteiger partial charge in [0.25, 0.3) is 0 Å². The molecule has 1 aromatic heterocycles. The van der Waals surface area contributed by atoms with Crippen molar-refractivity contribution < 1.29 is 9.15 Å². The van der Waals surface area contributed by atoms with Crippen molar-refractivity contribution in [1.29, 1.82) is 0 Å². The molecule has 0 aliphatic rings. The van der Waals surface area contributed by atoms with Crippen molar-refractivity contribution in [3.8, 4) is 5.75 Å². The maximum atomic E-state index is 5.59. The molecule has 3 nitrogen and oxygen atoms in total. The Labute approximate surface area is 88.8 Å². The second-order valence-corrected chi connectivity index (χ2v) is 3.55. The van der Waals surface area contributed by atoms with Crippen molar-refractivity contribution >= 4 is 11.0 Å². The van der Waals surface area contributed by atoms with E-state index in [9.17, 15) is 0 Å². The minimum atomic E-state index is 0.626. The van der Waals surface area contributed by atoms with Crippen LogP contribution in [0, 0.1) is 6.92 Å². The third kappa shape index (κ3) is 1.59. The van der Waals surface area contributed by atoms with Gasteiger partial charge >= 0.3 is 0 Å². The van der Waals surface area contributed by atoms with Crippen LogP contribution < -0.4 is 10.5 Å². The first-order chi connectivity index (χ1) is 7.27. The molecule has 1 heterocycles. The highest BCUT2D eigenvalue weighted by Gasteiger charge is 2.11. The molecule has 3 heteroatoms. The molecule has 2 aromatic rings. The number of rotatable bonds is 3. The number of hydrogen-bond donors (Lipinski definition) is 1. The summed E-state index contributed by atoms with van der Waals surface area (Å²) in [5.41, 5.74) is 8.83. The van der Waals surface area contributed by atoms with Crippen molar-refractivity contribution in [2.75, 3.05) is 13.7 Å². The van der Waals surface area contributed by atoms with Gasteiger partial charge in [-0.2, -0.15) is 0 Å². The van der Waals surface area contributed by atoms with Crippen molar-refractivity contribution in [1.82, 2.24) is 0 Å². The van der Waals surface area contributed by atoms with Gasteiger partial charge in [0.05, 0.1) is 13.4 Å². The van der Waals surface area contributed by atoms with Gasteiger partial charge in [-0.15, -0.1) is 0 Å². The standard InChI is InChI=1S/C12H15NO2/c1-8-9(3-5-13)11(14-2)7-12-10(8)4-6-15-12/h4,6-7H,3,5,13H2,1-2H3. The number of fused-ring (bicyclic) bond motifs is 1. The molecule has 0 saturated heterocycles. The predicted molar refractivity (Wildman–Crippen MR) is 60.3 cm³/mol. The predicted octanol–water partition coefficient (Wildman–Crippen LogP) is 2.25. The van der Waals surface area contributed by atoms with Gasteiger partial charge in [0.15, 0.2) is 0 Å². The number of furan rings is 1. The van der Waals surface area contributed by atoms with Crippen molar-refractivity contribution in [2.45, 2.75) is 13.3 Å². The fourth-order valence-corrected chi connectivity index (χ4v) is 1.93. The van der Waals surface area contributed by atoms with Crippen LogP contribution in [0.25, 0.3) is 11.0 Å². The molecule has 0 unspecified atom stereocenters. The average molecular weight is 205 g/mol. The van der Waals surface area contributed by atoms with Crippen LogP contribution in [0.3, 0.4) is 0 Å². The van der Waals surface area contributed by atoms with Crippen LogP contribution >= 0.6 is 0 Å². The third-order valence-electron chi connectivity index (χ3n) is 2.73. The van der Waals surface area contributed by atoms with Gasteiger partial charge in [0.1, 0.15) is 11.3 Å². The first kappa shape index (κ1) is 10.1. The number of nitrogens with two attached hydrogens (primary N) is 1. The summed E-state index contributed by atoms with van der Waals surface area (Å²) in [6.07, 6.45) is 2.53. The molecular weight excluding hydrogens is 190 g/mol. The Hall–Kier alpha value is -1.48. The first-order valence-electron chi connectivity index (χ1n) is 5.01. The van der Waals surface area contributed by atoms with E-state index < -0.39 is 0 Å². The Bertz CT molecular complexity index is 474. The molecule has 1 aromatic carbocycles. The van der Waals surface area contributed by atoms with Crippen molar-refractivity contribution in [2.24, 2.45) is 5.73 Å². The first-order valence-corrected chi connectivity index (χ1v) is 5.01. The van der Waals surface area contributed by atoms with E-state index in [2.05, 4.69) is 6.92 Å². The number of ether oxygens (including phenoxy) is 1. The minimum Gasteiger partial charge on any atom is -0.496 e. The van der Waals surface area contributed by atoms with Crippen molar-refractivity contribution in [3.63, 3.8) is 0 Å². The highest BCUT2D eigenvalue weighted by atomic mass is 16.5. The summed E-state index contributed by atoms with van der Waals surface area (Å²) in [7, 11) is 1.67. The Morgan fingerprint density at radius 1 is 1.47 bits per heavy atom. The lowest BCUT2D eigenvalue weighted by Gasteiger charge is -2.11. The van der Waals surface area contributed by atoms with E-state index in [1.807, 2.05) is 12.1 Å². The van der Waals surface area contributed by atoms with E-state index in [4.69, 9.17) is 14.9 Å². The number of methoxy groups -OCH3 is 1. The molecule has 0 atom stereocenters. The van der Waals surface area contributed by atoms with Gasteiger partial charge in [0, 0.05) is 11.5 Å². The molecule has 0 bridgehead atoms. The summed E-state index contributed by atoms with van der Waals surface area (Å²) in [6, 6.07) is 3.90. The molecule has 2 N–H and O–H groups in total. The normalized spacial score (nSPS) is 10.9. The maximum absolute atomic E-state index is 5.59. The van der Waals surface area contributed by atoms with Gasteiger partial charge < -0.3 is 14.9 Å². The molecule has 0 aliphatic carbocycles. The molecular formula is C12H15NO2. The fourth-order valence-electron chi connectivity index (χ4n) is 1.93. The molecule has 0 aliphatic heterocycles. The number of hydrogen-bond acceptors (Lipinski definition) is 3. The zero-order valence-electron chi connectivity index (χ0n) is 9.04. The van der Waals surface area contributed by atoms with E-state index in [-0.39, 0.29) is 0 Å². The van der Waals surface area contributed by atoms with E-state index in [0.29, 0.717) is 6.54 Å². The molecule has 0 saturated carbocycles. The third-order valence-corrected chi connectivity index (χ3v) is 2.73. The monoisotopic (exact) mass is 205 g/mol. The summed E-state index contributed by atoms with van der Waals surface area (Å²) in [6.45, 7) is 2.70. The van der Waals surface area contributed by atoms with E-state index in [1.54, 1.807) is 13.4 Å². The molecule has 0 amide bonds. The molecule has 0 spiro atoms. The molecule has 0 radical (unpaired) electrons. The zero-order valence-corrected chi connectivity index (χ0v) is 9.04. The SMILES string of the molecule is COc1cc2occc2c(C)c1CCN. The van der Waals surface area contributed by atoms with Gasteiger partial charge in [-0.05, 0) is 37.1 Å². The topological polar surface area (TPSA) is 48.4 Å². The molecule has 80 valence electrons. The Morgan fingerprint density at radius 3 is 2.93 bits per heavy atom. The van der Waals surface area contributed by atoms with Gasteiger partial charge in [-0.1, -0.05) is 0 Å². The second-order valence-electron chi connectivity index (χ2n) is 3.55. The summed E-state index contributed by atoms with van der Waals surface area (Å²) < 4.78 is 10.7. The van der Waals surface area contributed by atoms with Crippen LogP contribution in [0.1, 0.15) is 11.1 Å². The Kier molecular flexibility index (Phi) is 2.64. The lowest BCUT2D eigenvalue weighted by atomic mass is 10.0. The minimum absolute atomic E-state index is 0.626. The smallest absolute Gasteiger partial charge is 0.137 e. The van der Waals surface area contributed by atoms with Crippen LogP contribution in [-0.4, -0.2) is 13.7 Å². The number of aryl methyl sites for hydroxylation is 1. The highest BCUT2D eigenvalue weighted by molar-refractivity contribution is 5.84. The van der Waals surface area contributed by atoms with Crippen LogP contribution in [0.2, 0.25) is 0 Å². The highest BCUT2D eigenvalue weighted by Crippen LogP contribution is 2.31. The summed E-state index contributed by atoms with van der Waals surface area (Å²) in [4.78, 5) is 0. The summed E-state index contributed by atoms with van der Waals surface area (Å²) >= 11 is 0. The zero-order chi connectivity index (χ0) is 10.8. The lowest BCUT2D eigenvalue weighted by molar-refractivity contribution is 0.409. The largest absolute Gasteiger partial charge is 0.496 e. The van der Waals surface area contributed by atoms with E-state index >= 15 is 0 Å². The molecule has 2 rings (SSSR count). The average Bonchev–Trinajstić information content (AvgIpc) is 2.70. The quantitative estimate of drug-likeness (QED) is 0.836. The summed E-state index contributed by atoms with van der Waals surface area (Å²) in [5, 5.41) is 1.14. The van der Waals surface area contributed by atoms with E-state index in [0.717, 1.165) is 23.1 Å². The Balaban J connectivity index is 2.68. The van der Waals surface area contributed by atoms with Gasteiger partial charge in [-0.3, -0.25) is 0 Å². The second kappa shape index (κ2) is 3.95. The van der Waals surface area contributed by atoms with E-state index in [1.165, 1.54) is 11.1 Å². The van der Waals surface area contributed by atoms with Crippen LogP contribution in [0.5, 0.6) is 5.75 Å². The van der Waals surface area contributed by atoms with Gasteiger partial charge in [-0.25, -0.2) is 0 Å². The molecule has 15 heavy (non-hydrogen) atoms. The van der Waals surface area contributed by atoms with Gasteiger partial charge in [0.2, 0.25) is 0 Å². The summed E-state index contributed by atoms with van der Waals surface area (Å²) in [5.74, 6) is 0.861.